The van der Waals surface area contributed by atoms with Gasteiger partial charge in [0.15, 0.2) is 11.5 Å². The van der Waals surface area contributed by atoms with Crippen LogP contribution in [0.5, 0.6) is 28.7 Å². The molecule has 0 aliphatic carbocycles. The molecule has 1 aliphatic heterocycles. The van der Waals surface area contributed by atoms with Crippen molar-refractivity contribution >= 4 is 29.2 Å². The second-order valence-electron chi connectivity index (χ2n) is 10.7. The molecule has 4 aromatic rings. The van der Waals surface area contributed by atoms with Crippen LogP contribution in [0.1, 0.15) is 46.8 Å². The smallest absolute Gasteiger partial charge is 0.343 e. The van der Waals surface area contributed by atoms with Crippen molar-refractivity contribution in [1.29, 1.82) is 5.26 Å². The van der Waals surface area contributed by atoms with Gasteiger partial charge in [-0.15, -0.1) is 0 Å². The number of carbonyl (C=O) groups excluding carboxylic acids is 1. The number of halogens is 2. The van der Waals surface area contributed by atoms with E-state index in [4.69, 9.17) is 52.6 Å². The zero-order valence-corrected chi connectivity index (χ0v) is 26.3. The molecule has 10 heteroatoms. The second kappa shape index (κ2) is 13.9. The maximum atomic E-state index is 12.9. The van der Waals surface area contributed by atoms with E-state index in [9.17, 15) is 10.1 Å². The second-order valence-corrected chi connectivity index (χ2v) is 11.5. The molecule has 0 spiro atoms. The first-order chi connectivity index (χ1) is 21.7. The summed E-state index contributed by atoms with van der Waals surface area (Å²) in [6.45, 7) is 4.89. The van der Waals surface area contributed by atoms with E-state index in [1.807, 2.05) is 6.07 Å². The lowest BCUT2D eigenvalue weighted by Gasteiger charge is -2.27. The highest BCUT2D eigenvalue weighted by Gasteiger charge is 2.32. The maximum Gasteiger partial charge on any atom is 0.343 e. The van der Waals surface area contributed by atoms with Crippen LogP contribution < -0.4 is 29.4 Å². The minimum atomic E-state index is -0.574. The Balaban J connectivity index is 1.37. The minimum absolute atomic E-state index is 0.0489. The fraction of sp³-hybridized carbons (Fsp3) is 0.200. The van der Waals surface area contributed by atoms with Crippen molar-refractivity contribution in [1.82, 2.24) is 0 Å². The molecule has 0 radical (unpaired) electrons. The van der Waals surface area contributed by atoms with Crippen LogP contribution in [0.3, 0.4) is 0 Å². The van der Waals surface area contributed by atoms with Gasteiger partial charge in [-0.25, -0.2) is 4.79 Å². The average molecular weight is 646 g/mol. The Morgan fingerprint density at radius 2 is 1.71 bits per heavy atom. The summed E-state index contributed by atoms with van der Waals surface area (Å²) in [6, 6.07) is 24.4. The molecule has 0 fully saturated rings. The number of fused-ring (bicyclic) bond motifs is 1. The quantitative estimate of drug-likeness (QED) is 0.136. The van der Waals surface area contributed by atoms with Gasteiger partial charge in [-0.05, 0) is 66.1 Å². The number of benzene rings is 4. The zero-order valence-electron chi connectivity index (χ0n) is 24.8. The van der Waals surface area contributed by atoms with Gasteiger partial charge in [0.05, 0.1) is 25.2 Å². The molecule has 1 aliphatic rings. The van der Waals surface area contributed by atoms with Crippen LogP contribution in [0, 0.1) is 17.2 Å². The van der Waals surface area contributed by atoms with E-state index in [0.717, 1.165) is 11.1 Å². The third kappa shape index (κ3) is 7.28. The largest absolute Gasteiger partial charge is 0.493 e. The van der Waals surface area contributed by atoms with E-state index < -0.39 is 11.9 Å². The van der Waals surface area contributed by atoms with Gasteiger partial charge in [-0.3, -0.25) is 0 Å². The molecule has 0 aromatic heterocycles. The molecule has 45 heavy (non-hydrogen) atoms. The van der Waals surface area contributed by atoms with Crippen LogP contribution in [0.15, 0.2) is 90.3 Å². The van der Waals surface area contributed by atoms with Crippen LogP contribution in [-0.2, 0) is 6.61 Å². The molecule has 8 nitrogen and oxygen atoms in total. The predicted molar refractivity (Wildman–Crippen MR) is 171 cm³/mol. The van der Waals surface area contributed by atoms with E-state index in [-0.39, 0.29) is 23.8 Å². The summed E-state index contributed by atoms with van der Waals surface area (Å²) in [5.74, 6) is 1.44. The highest BCUT2D eigenvalue weighted by atomic mass is 35.5. The Morgan fingerprint density at radius 1 is 0.956 bits per heavy atom. The summed E-state index contributed by atoms with van der Waals surface area (Å²) in [5, 5.41) is 11.0. The molecule has 1 heterocycles. The molecule has 230 valence electrons. The summed E-state index contributed by atoms with van der Waals surface area (Å²) in [5.41, 5.74) is 8.95. The van der Waals surface area contributed by atoms with Gasteiger partial charge >= 0.3 is 5.97 Å². The van der Waals surface area contributed by atoms with Gasteiger partial charge in [0.1, 0.15) is 35.5 Å². The highest BCUT2D eigenvalue weighted by Crippen LogP contribution is 2.45. The topological polar surface area (TPSA) is 113 Å². The number of ether oxygens (including phenoxy) is 5. The van der Waals surface area contributed by atoms with E-state index in [2.05, 4.69) is 19.9 Å². The molecule has 1 atom stereocenters. The third-order valence-corrected chi connectivity index (χ3v) is 7.58. The van der Waals surface area contributed by atoms with Crippen molar-refractivity contribution in [2.75, 3.05) is 13.7 Å². The Bertz CT molecular complexity index is 1800. The van der Waals surface area contributed by atoms with Crippen molar-refractivity contribution in [3.63, 3.8) is 0 Å². The lowest BCUT2D eigenvalue weighted by molar-refractivity contribution is 0.0734. The molecular formula is C35H30Cl2N2O6. The summed E-state index contributed by atoms with van der Waals surface area (Å²) >= 11 is 12.3. The van der Waals surface area contributed by atoms with Crippen LogP contribution in [0.25, 0.3) is 0 Å². The first-order valence-electron chi connectivity index (χ1n) is 14.1. The molecule has 2 N–H and O–H groups in total. The van der Waals surface area contributed by atoms with Gasteiger partial charge in [0.2, 0.25) is 5.88 Å². The predicted octanol–water partition coefficient (Wildman–Crippen LogP) is 8.05. The van der Waals surface area contributed by atoms with Crippen molar-refractivity contribution in [2.45, 2.75) is 26.4 Å². The van der Waals surface area contributed by atoms with Crippen LogP contribution in [0.4, 0.5) is 0 Å². The minimum Gasteiger partial charge on any atom is -0.493 e. The lowest BCUT2D eigenvalue weighted by atomic mass is 9.83. The van der Waals surface area contributed by atoms with Gasteiger partial charge in [-0.1, -0.05) is 55.2 Å². The molecule has 0 saturated heterocycles. The Hall–Kier alpha value is -4.84. The monoisotopic (exact) mass is 644 g/mol. The van der Waals surface area contributed by atoms with Crippen LogP contribution >= 0.6 is 23.2 Å². The number of rotatable bonds is 10. The van der Waals surface area contributed by atoms with Gasteiger partial charge in [0, 0.05) is 27.2 Å². The molecule has 4 aromatic carbocycles. The average Bonchev–Trinajstić information content (AvgIpc) is 3.02. The zero-order chi connectivity index (χ0) is 32.1. The van der Waals surface area contributed by atoms with Gasteiger partial charge < -0.3 is 29.4 Å². The van der Waals surface area contributed by atoms with Crippen LogP contribution in [0.2, 0.25) is 10.0 Å². The fourth-order valence-corrected chi connectivity index (χ4v) is 5.20. The Kier molecular flexibility index (Phi) is 9.72. The van der Waals surface area contributed by atoms with E-state index in [1.165, 1.54) is 7.11 Å². The number of allylic oxidation sites excluding steroid dienone is 1. The highest BCUT2D eigenvalue weighted by molar-refractivity contribution is 6.35. The number of hydrogen-bond donors (Lipinski definition) is 1. The third-order valence-electron chi connectivity index (χ3n) is 6.99. The molecule has 0 amide bonds. The number of nitriles is 1. The standard InChI is InChI=1S/C35H30Cl2N2O6/c1-20(2)18-42-25-9-5-21(6-10-25)35(40)44-26-11-12-27-31(16-26)45-34(39)28(17-38)33(27)22-7-13-30(32(14-22)41-3)43-19-23-4-8-24(36)15-29(23)37/h4-16,20,33H,18-19,39H2,1-3H3. The SMILES string of the molecule is COc1cc(C2C(C#N)=C(N)Oc3cc(OC(=O)c4ccc(OCC(C)C)cc4)ccc32)ccc1OCc1ccc(Cl)cc1Cl. The van der Waals surface area contributed by atoms with Crippen molar-refractivity contribution in [2.24, 2.45) is 11.7 Å². The number of nitrogens with two attached hydrogens (primary N) is 1. The molecule has 1 unspecified atom stereocenters. The number of carbonyl (C=O) groups is 1. The first-order valence-corrected chi connectivity index (χ1v) is 14.8. The molecule has 5 rings (SSSR count). The molecular weight excluding hydrogens is 615 g/mol. The van der Waals surface area contributed by atoms with E-state index in [1.54, 1.807) is 72.8 Å². The van der Waals surface area contributed by atoms with E-state index >= 15 is 0 Å². The summed E-state index contributed by atoms with van der Waals surface area (Å²) < 4.78 is 28.8. The normalized spacial score (nSPS) is 13.8. The first kappa shape index (κ1) is 31.6. The lowest BCUT2D eigenvalue weighted by Crippen LogP contribution is -2.21. The number of esters is 1. The number of hydrogen-bond acceptors (Lipinski definition) is 8. The summed E-state index contributed by atoms with van der Waals surface area (Å²) in [4.78, 5) is 12.9. The van der Waals surface area contributed by atoms with E-state index in [0.29, 0.717) is 56.7 Å². The summed E-state index contributed by atoms with van der Waals surface area (Å²) in [6.07, 6.45) is 0. The summed E-state index contributed by atoms with van der Waals surface area (Å²) in [7, 11) is 1.53. The number of methoxy groups -OCH3 is 1. The van der Waals surface area contributed by atoms with Crippen molar-refractivity contribution < 1.29 is 28.5 Å². The number of nitrogens with zero attached hydrogens (tertiary/aromatic N) is 1. The Morgan fingerprint density at radius 3 is 2.40 bits per heavy atom. The Labute approximate surface area is 271 Å². The molecule has 0 bridgehead atoms. The molecule has 0 saturated carbocycles. The van der Waals surface area contributed by atoms with Gasteiger partial charge in [-0.2, -0.15) is 5.26 Å². The maximum absolute atomic E-state index is 12.9. The van der Waals surface area contributed by atoms with Crippen LogP contribution in [-0.4, -0.2) is 19.7 Å². The fourth-order valence-electron chi connectivity index (χ4n) is 4.74. The van der Waals surface area contributed by atoms with Gasteiger partial charge in [0.25, 0.3) is 0 Å². The van der Waals surface area contributed by atoms with Crippen molar-refractivity contribution in [3.05, 3.63) is 123 Å². The van der Waals surface area contributed by atoms with Crippen molar-refractivity contribution in [3.8, 4) is 34.8 Å².